The summed E-state index contributed by atoms with van der Waals surface area (Å²) in [6.07, 6.45) is 0. The highest BCUT2D eigenvalue weighted by Gasteiger charge is 2.07. The largest absolute Gasteiger partial charge is 0.309 e. The maximum absolute atomic E-state index is 13.0. The lowest BCUT2D eigenvalue weighted by Gasteiger charge is -2.23. The molecule has 4 heteroatoms. The molecule has 1 aromatic rings. The minimum Gasteiger partial charge on any atom is -0.309 e. The third-order valence-corrected chi connectivity index (χ3v) is 3.00. The van der Waals surface area contributed by atoms with Crippen LogP contribution in [-0.2, 0) is 6.54 Å². The van der Waals surface area contributed by atoms with Gasteiger partial charge in [-0.2, -0.15) is 0 Å². The van der Waals surface area contributed by atoms with Gasteiger partial charge in [0.2, 0.25) is 0 Å². The molecule has 0 fully saturated rings. The second-order valence-corrected chi connectivity index (χ2v) is 4.55. The summed E-state index contributed by atoms with van der Waals surface area (Å²) in [7, 11) is 0. The summed E-state index contributed by atoms with van der Waals surface area (Å²) in [4.78, 5) is 2.31. The van der Waals surface area contributed by atoms with Gasteiger partial charge in [-0.1, -0.05) is 13.8 Å². The first kappa shape index (κ1) is 15.1. The lowest BCUT2D eigenvalue weighted by atomic mass is 10.2. The van der Waals surface area contributed by atoms with E-state index in [0.29, 0.717) is 12.1 Å². The van der Waals surface area contributed by atoms with Crippen LogP contribution in [-0.4, -0.2) is 30.6 Å². The maximum Gasteiger partial charge on any atom is 0.126 e. The molecular formula is C14H22F2N2. The average molecular weight is 256 g/mol. The van der Waals surface area contributed by atoms with Crippen molar-refractivity contribution in [2.24, 2.45) is 0 Å². The van der Waals surface area contributed by atoms with E-state index in [1.807, 2.05) is 0 Å². The summed E-state index contributed by atoms with van der Waals surface area (Å²) in [6, 6.07) is 3.90. The zero-order chi connectivity index (χ0) is 13.5. The molecular weight excluding hydrogens is 234 g/mol. The lowest BCUT2D eigenvalue weighted by Crippen LogP contribution is -2.38. The van der Waals surface area contributed by atoms with Crippen LogP contribution in [0.15, 0.2) is 18.2 Å². The number of hydrogen-bond acceptors (Lipinski definition) is 2. The fourth-order valence-corrected chi connectivity index (χ4v) is 1.94. The van der Waals surface area contributed by atoms with Gasteiger partial charge < -0.3 is 10.2 Å². The first-order chi connectivity index (χ1) is 8.55. The molecule has 1 rings (SSSR count). The quantitative estimate of drug-likeness (QED) is 0.807. The molecule has 0 aliphatic heterocycles. The molecule has 0 saturated heterocycles. The van der Waals surface area contributed by atoms with Gasteiger partial charge in [0.15, 0.2) is 0 Å². The van der Waals surface area contributed by atoms with Gasteiger partial charge in [-0.25, -0.2) is 8.78 Å². The topological polar surface area (TPSA) is 15.3 Å². The van der Waals surface area contributed by atoms with E-state index in [9.17, 15) is 8.78 Å². The van der Waals surface area contributed by atoms with E-state index in [-0.39, 0.29) is 6.04 Å². The van der Waals surface area contributed by atoms with Crippen molar-refractivity contribution >= 4 is 0 Å². The molecule has 102 valence electrons. The minimum absolute atomic E-state index is 0.288. The smallest absolute Gasteiger partial charge is 0.126 e. The van der Waals surface area contributed by atoms with Crippen molar-refractivity contribution in [2.45, 2.75) is 33.4 Å². The number of hydrogen-bond donors (Lipinski definition) is 1. The molecule has 0 saturated carbocycles. The molecule has 1 unspecified atom stereocenters. The Morgan fingerprint density at radius 3 is 2.17 bits per heavy atom. The standard InChI is InChI=1S/C14H22F2N2/c1-4-18(5-2)10-11(3)17-9-12-6-13(15)8-14(16)7-12/h6-8,11,17H,4-5,9-10H2,1-3H3. The van der Waals surface area contributed by atoms with E-state index in [1.165, 1.54) is 12.1 Å². The number of likely N-dealkylation sites (N-methyl/N-ethyl adjacent to an activating group) is 1. The Bertz CT molecular complexity index is 345. The van der Waals surface area contributed by atoms with Crippen molar-refractivity contribution in [2.75, 3.05) is 19.6 Å². The average Bonchev–Trinajstić information content (AvgIpc) is 2.32. The molecule has 2 nitrogen and oxygen atoms in total. The minimum atomic E-state index is -0.525. The summed E-state index contributed by atoms with van der Waals surface area (Å²) in [5.74, 6) is -1.05. The van der Waals surface area contributed by atoms with Gasteiger partial charge in [0.1, 0.15) is 11.6 Å². The number of halogens is 2. The highest BCUT2D eigenvalue weighted by atomic mass is 19.1. The summed E-state index contributed by atoms with van der Waals surface area (Å²) in [5, 5.41) is 3.28. The van der Waals surface area contributed by atoms with Crippen molar-refractivity contribution < 1.29 is 8.78 Å². The highest BCUT2D eigenvalue weighted by Crippen LogP contribution is 2.08. The Balaban J connectivity index is 2.44. The molecule has 0 radical (unpaired) electrons. The van der Waals surface area contributed by atoms with E-state index in [1.54, 1.807) is 0 Å². The fourth-order valence-electron chi connectivity index (χ4n) is 1.94. The van der Waals surface area contributed by atoms with E-state index >= 15 is 0 Å². The van der Waals surface area contributed by atoms with Gasteiger partial charge >= 0.3 is 0 Å². The Labute approximate surface area is 108 Å². The van der Waals surface area contributed by atoms with E-state index in [0.717, 1.165) is 25.7 Å². The summed E-state index contributed by atoms with van der Waals surface area (Å²) in [5.41, 5.74) is 0.638. The molecule has 0 bridgehead atoms. The van der Waals surface area contributed by atoms with Gasteiger partial charge in [0.05, 0.1) is 0 Å². The van der Waals surface area contributed by atoms with Gasteiger partial charge in [0.25, 0.3) is 0 Å². The maximum atomic E-state index is 13.0. The Morgan fingerprint density at radius 2 is 1.67 bits per heavy atom. The van der Waals surface area contributed by atoms with Crippen LogP contribution in [0.3, 0.4) is 0 Å². The third-order valence-electron chi connectivity index (χ3n) is 3.00. The summed E-state index contributed by atoms with van der Waals surface area (Å²) >= 11 is 0. The number of benzene rings is 1. The van der Waals surface area contributed by atoms with Crippen molar-refractivity contribution in [3.63, 3.8) is 0 Å². The molecule has 0 spiro atoms. The van der Waals surface area contributed by atoms with Crippen molar-refractivity contribution in [1.29, 1.82) is 0 Å². The van der Waals surface area contributed by atoms with Crippen LogP contribution < -0.4 is 5.32 Å². The molecule has 1 aromatic carbocycles. The monoisotopic (exact) mass is 256 g/mol. The number of rotatable bonds is 7. The van der Waals surface area contributed by atoms with Gasteiger partial charge in [-0.15, -0.1) is 0 Å². The van der Waals surface area contributed by atoms with E-state index in [4.69, 9.17) is 0 Å². The normalized spacial score (nSPS) is 13.0. The molecule has 1 atom stereocenters. The van der Waals surface area contributed by atoms with Gasteiger partial charge in [0, 0.05) is 25.2 Å². The van der Waals surface area contributed by atoms with Crippen LogP contribution >= 0.6 is 0 Å². The predicted molar refractivity (Wildman–Crippen MR) is 70.4 cm³/mol. The third kappa shape index (κ3) is 5.10. The Kier molecular flexibility index (Phi) is 6.22. The first-order valence-corrected chi connectivity index (χ1v) is 6.45. The van der Waals surface area contributed by atoms with E-state index < -0.39 is 11.6 Å². The lowest BCUT2D eigenvalue weighted by molar-refractivity contribution is 0.270. The van der Waals surface area contributed by atoms with Gasteiger partial charge in [-0.05, 0) is 37.7 Å². The van der Waals surface area contributed by atoms with Crippen LogP contribution in [0.25, 0.3) is 0 Å². The van der Waals surface area contributed by atoms with Gasteiger partial charge in [-0.3, -0.25) is 0 Å². The SMILES string of the molecule is CCN(CC)CC(C)NCc1cc(F)cc(F)c1. The van der Waals surface area contributed by atoms with E-state index in [2.05, 4.69) is 31.0 Å². The van der Waals surface area contributed by atoms with Crippen LogP contribution in [0.2, 0.25) is 0 Å². The van der Waals surface area contributed by atoms with Crippen molar-refractivity contribution in [1.82, 2.24) is 10.2 Å². The number of nitrogens with one attached hydrogen (secondary N) is 1. The van der Waals surface area contributed by atoms with Crippen molar-refractivity contribution in [3.05, 3.63) is 35.4 Å². The highest BCUT2D eigenvalue weighted by molar-refractivity contribution is 5.17. The molecule has 0 aliphatic rings. The van der Waals surface area contributed by atoms with Crippen LogP contribution in [0.1, 0.15) is 26.3 Å². The summed E-state index contributed by atoms with van der Waals surface area (Å²) < 4.78 is 26.0. The zero-order valence-electron chi connectivity index (χ0n) is 11.3. The first-order valence-electron chi connectivity index (χ1n) is 6.45. The molecule has 0 heterocycles. The zero-order valence-corrected chi connectivity index (χ0v) is 11.3. The predicted octanol–water partition coefficient (Wildman–Crippen LogP) is 2.78. The Morgan fingerprint density at radius 1 is 1.11 bits per heavy atom. The fraction of sp³-hybridized carbons (Fsp3) is 0.571. The second kappa shape index (κ2) is 7.44. The molecule has 18 heavy (non-hydrogen) atoms. The summed E-state index contributed by atoms with van der Waals surface area (Å²) in [6.45, 7) is 9.76. The molecule has 1 N–H and O–H groups in total. The Hall–Kier alpha value is -1.00. The molecule has 0 aromatic heterocycles. The molecule has 0 aliphatic carbocycles. The van der Waals surface area contributed by atoms with Crippen LogP contribution in [0, 0.1) is 11.6 Å². The molecule has 0 amide bonds. The second-order valence-electron chi connectivity index (χ2n) is 4.55. The number of nitrogens with zero attached hydrogens (tertiary/aromatic N) is 1. The van der Waals surface area contributed by atoms with Crippen molar-refractivity contribution in [3.8, 4) is 0 Å². The van der Waals surface area contributed by atoms with Crippen LogP contribution in [0.5, 0.6) is 0 Å². The van der Waals surface area contributed by atoms with Crippen LogP contribution in [0.4, 0.5) is 8.78 Å².